The van der Waals surface area contributed by atoms with Gasteiger partial charge in [0.05, 0.1) is 12.1 Å². The van der Waals surface area contributed by atoms with Gasteiger partial charge in [-0.15, -0.1) is 0 Å². The van der Waals surface area contributed by atoms with E-state index in [4.69, 9.17) is 6.57 Å². The summed E-state index contributed by atoms with van der Waals surface area (Å²) < 4.78 is 48.5. The van der Waals surface area contributed by atoms with Crippen LogP contribution in [0.1, 0.15) is 5.56 Å². The average Bonchev–Trinajstić information content (AvgIpc) is 2.02. The van der Waals surface area contributed by atoms with Crippen molar-refractivity contribution in [3.8, 4) is 0 Å². The van der Waals surface area contributed by atoms with Crippen LogP contribution in [0.2, 0.25) is 0 Å². The van der Waals surface area contributed by atoms with E-state index in [9.17, 15) is 17.6 Å². The Morgan fingerprint density at radius 1 is 1.23 bits per heavy atom. The fourth-order valence-electron chi connectivity index (χ4n) is 0.774. The van der Waals surface area contributed by atoms with Gasteiger partial charge in [0.15, 0.2) is 0 Å². The Labute approximate surface area is 71.4 Å². The Kier molecular flexibility index (Phi) is 2.24. The van der Waals surface area contributed by atoms with E-state index in [2.05, 4.69) is 4.85 Å². The number of benzene rings is 1. The van der Waals surface area contributed by atoms with E-state index >= 15 is 0 Å². The highest BCUT2D eigenvalue weighted by atomic mass is 19.4. The Morgan fingerprint density at radius 3 is 2.23 bits per heavy atom. The number of hydrogen-bond donors (Lipinski definition) is 0. The normalized spacial score (nSPS) is 11.0. The van der Waals surface area contributed by atoms with Crippen molar-refractivity contribution in [2.75, 3.05) is 0 Å². The Balaban J connectivity index is 3.20. The molecule has 0 atom stereocenters. The van der Waals surface area contributed by atoms with E-state index < -0.39 is 23.2 Å². The summed E-state index contributed by atoms with van der Waals surface area (Å²) in [5.41, 5.74) is -1.50. The molecule has 0 aliphatic rings. The zero-order valence-corrected chi connectivity index (χ0v) is 6.19. The predicted molar refractivity (Wildman–Crippen MR) is 37.7 cm³/mol. The minimum atomic E-state index is -4.57. The molecule has 0 saturated heterocycles. The third-order valence-corrected chi connectivity index (χ3v) is 1.40. The van der Waals surface area contributed by atoms with Crippen LogP contribution in [0.3, 0.4) is 0 Å². The second kappa shape index (κ2) is 3.05. The van der Waals surface area contributed by atoms with Crippen LogP contribution in [0.5, 0.6) is 0 Å². The van der Waals surface area contributed by atoms with Gasteiger partial charge in [0, 0.05) is 0 Å². The maximum absolute atomic E-state index is 12.7. The summed E-state index contributed by atoms with van der Waals surface area (Å²) in [6.07, 6.45) is -4.57. The van der Waals surface area contributed by atoms with Gasteiger partial charge in [0.2, 0.25) is 5.69 Å². The van der Waals surface area contributed by atoms with Crippen LogP contribution in [-0.2, 0) is 6.18 Å². The Bertz CT molecular complexity index is 361. The lowest BCUT2D eigenvalue weighted by molar-refractivity contribution is -0.137. The van der Waals surface area contributed by atoms with E-state index in [-0.39, 0.29) is 0 Å². The molecule has 0 spiro atoms. The lowest BCUT2D eigenvalue weighted by atomic mass is 10.2. The van der Waals surface area contributed by atoms with Gasteiger partial charge in [-0.05, 0) is 6.07 Å². The monoisotopic (exact) mass is 189 g/mol. The van der Waals surface area contributed by atoms with Gasteiger partial charge >= 0.3 is 6.18 Å². The first-order valence-electron chi connectivity index (χ1n) is 3.19. The molecule has 0 aliphatic carbocycles. The topological polar surface area (TPSA) is 4.36 Å². The summed E-state index contributed by atoms with van der Waals surface area (Å²) in [4.78, 5) is 2.70. The van der Waals surface area contributed by atoms with Crippen molar-refractivity contribution < 1.29 is 17.6 Å². The maximum atomic E-state index is 12.7. The fraction of sp³-hybridized carbons (Fsp3) is 0.125. The number of halogens is 4. The van der Waals surface area contributed by atoms with Crippen LogP contribution in [0, 0.1) is 12.4 Å². The molecule has 0 aromatic heterocycles. The fourth-order valence-corrected chi connectivity index (χ4v) is 0.774. The van der Waals surface area contributed by atoms with Gasteiger partial charge in [-0.25, -0.2) is 9.24 Å². The van der Waals surface area contributed by atoms with Crippen molar-refractivity contribution in [1.82, 2.24) is 0 Å². The number of rotatable bonds is 0. The summed E-state index contributed by atoms with van der Waals surface area (Å²) in [5.74, 6) is -1.15. The molecule has 0 saturated carbocycles. The molecular weight excluding hydrogens is 186 g/mol. The minimum Gasteiger partial charge on any atom is -0.235 e. The summed E-state index contributed by atoms with van der Waals surface area (Å²) in [6, 6.07) is 1.80. The number of alkyl halides is 3. The SMILES string of the molecule is [C-]#[N+]c1ccc(C(F)(F)F)cc1F. The van der Waals surface area contributed by atoms with Gasteiger partial charge < -0.3 is 0 Å². The summed E-state index contributed by atoms with van der Waals surface area (Å²) >= 11 is 0. The van der Waals surface area contributed by atoms with Crippen LogP contribution in [0.15, 0.2) is 18.2 Å². The second-order valence-electron chi connectivity index (χ2n) is 2.28. The van der Waals surface area contributed by atoms with Crippen molar-refractivity contribution in [2.45, 2.75) is 6.18 Å². The molecule has 0 fully saturated rings. The highest BCUT2D eigenvalue weighted by Crippen LogP contribution is 2.31. The average molecular weight is 189 g/mol. The van der Waals surface area contributed by atoms with Gasteiger partial charge in [0.1, 0.15) is 5.82 Å². The number of hydrogen-bond acceptors (Lipinski definition) is 0. The molecule has 1 nitrogen and oxygen atoms in total. The lowest BCUT2D eigenvalue weighted by Crippen LogP contribution is -2.04. The zero-order valence-electron chi connectivity index (χ0n) is 6.19. The van der Waals surface area contributed by atoms with E-state index in [0.29, 0.717) is 12.1 Å². The summed E-state index contributed by atoms with van der Waals surface area (Å²) in [5, 5.41) is 0. The molecule has 0 bridgehead atoms. The van der Waals surface area contributed by atoms with Crippen LogP contribution in [0.4, 0.5) is 23.2 Å². The van der Waals surface area contributed by atoms with Crippen molar-refractivity contribution in [3.63, 3.8) is 0 Å². The molecule has 0 aliphatic heterocycles. The minimum absolute atomic E-state index is 0.313. The van der Waals surface area contributed by atoms with Crippen LogP contribution >= 0.6 is 0 Å². The van der Waals surface area contributed by atoms with Crippen molar-refractivity contribution in [2.24, 2.45) is 0 Å². The maximum Gasteiger partial charge on any atom is 0.416 e. The van der Waals surface area contributed by atoms with Crippen molar-refractivity contribution in [3.05, 3.63) is 41.0 Å². The largest absolute Gasteiger partial charge is 0.416 e. The summed E-state index contributed by atoms with van der Waals surface area (Å²) in [7, 11) is 0. The van der Waals surface area contributed by atoms with Crippen LogP contribution < -0.4 is 0 Å². The Hall–Kier alpha value is -1.57. The van der Waals surface area contributed by atoms with E-state index in [1.54, 1.807) is 0 Å². The lowest BCUT2D eigenvalue weighted by Gasteiger charge is -2.06. The third kappa shape index (κ3) is 1.96. The molecule has 1 aromatic carbocycles. The molecule has 1 aromatic rings. The first-order valence-corrected chi connectivity index (χ1v) is 3.19. The van der Waals surface area contributed by atoms with Gasteiger partial charge in [-0.2, -0.15) is 13.2 Å². The highest BCUT2D eigenvalue weighted by Gasteiger charge is 2.30. The smallest absolute Gasteiger partial charge is 0.235 e. The van der Waals surface area contributed by atoms with Gasteiger partial charge in [-0.3, -0.25) is 0 Å². The van der Waals surface area contributed by atoms with Crippen molar-refractivity contribution in [1.29, 1.82) is 0 Å². The first-order chi connectivity index (χ1) is 5.95. The molecule has 13 heavy (non-hydrogen) atoms. The molecule has 0 heterocycles. The Morgan fingerprint density at radius 2 is 1.85 bits per heavy atom. The zero-order chi connectivity index (χ0) is 10.1. The molecule has 0 radical (unpaired) electrons. The van der Waals surface area contributed by atoms with E-state index in [1.807, 2.05) is 0 Å². The van der Waals surface area contributed by atoms with E-state index in [0.717, 1.165) is 6.07 Å². The molecule has 68 valence electrons. The number of nitrogens with zero attached hydrogens (tertiary/aromatic N) is 1. The molecule has 0 amide bonds. The molecule has 5 heteroatoms. The molecule has 1 rings (SSSR count). The van der Waals surface area contributed by atoms with Gasteiger partial charge in [0.25, 0.3) is 0 Å². The quantitative estimate of drug-likeness (QED) is 0.435. The second-order valence-corrected chi connectivity index (χ2v) is 2.28. The molecule has 0 N–H and O–H groups in total. The highest BCUT2D eigenvalue weighted by molar-refractivity contribution is 5.47. The first kappa shape index (κ1) is 9.52. The van der Waals surface area contributed by atoms with E-state index in [1.165, 1.54) is 0 Å². The molecular formula is C8H3F4N. The van der Waals surface area contributed by atoms with Gasteiger partial charge in [-0.1, -0.05) is 12.1 Å². The third-order valence-electron chi connectivity index (χ3n) is 1.40. The van der Waals surface area contributed by atoms with Crippen LogP contribution in [-0.4, -0.2) is 0 Å². The van der Waals surface area contributed by atoms with Crippen molar-refractivity contribution >= 4 is 5.69 Å². The standard InChI is InChI=1S/C8H3F4N/c1-13-7-3-2-5(4-6(7)9)8(10,11)12/h2-4H. The summed E-state index contributed by atoms with van der Waals surface area (Å²) in [6.45, 7) is 6.41. The molecule has 0 unspecified atom stereocenters. The van der Waals surface area contributed by atoms with Crippen LogP contribution in [0.25, 0.3) is 4.85 Å². The predicted octanol–water partition coefficient (Wildman–Crippen LogP) is 3.40.